The van der Waals surface area contributed by atoms with Gasteiger partial charge in [-0.05, 0) is 36.3 Å². The molecule has 0 radical (unpaired) electrons. The summed E-state index contributed by atoms with van der Waals surface area (Å²) in [5, 5.41) is 20.6. The first-order valence-electron chi connectivity index (χ1n) is 6.84. The van der Waals surface area contributed by atoms with Crippen LogP contribution in [0.2, 0.25) is 0 Å². The molecule has 20 heavy (non-hydrogen) atoms. The number of rotatable bonds is 7. The number of aromatic nitrogens is 6. The van der Waals surface area contributed by atoms with Crippen molar-refractivity contribution in [2.45, 2.75) is 43.3 Å². The van der Waals surface area contributed by atoms with Gasteiger partial charge >= 0.3 is 0 Å². The number of tetrazole rings is 1. The second kappa shape index (κ2) is 5.92. The third-order valence-corrected chi connectivity index (χ3v) is 4.27. The molecule has 2 aromatic rings. The number of hydrogen-bond acceptors (Lipinski definition) is 6. The molecule has 0 aliphatic heterocycles. The van der Waals surface area contributed by atoms with E-state index in [0.29, 0.717) is 0 Å². The summed E-state index contributed by atoms with van der Waals surface area (Å²) in [4.78, 5) is 0. The van der Waals surface area contributed by atoms with Crippen LogP contribution in [0.15, 0.2) is 11.2 Å². The summed E-state index contributed by atoms with van der Waals surface area (Å²) in [7, 11) is 1.96. The van der Waals surface area contributed by atoms with Crippen molar-refractivity contribution in [1.29, 1.82) is 0 Å². The zero-order chi connectivity index (χ0) is 13.9. The van der Waals surface area contributed by atoms with E-state index in [1.807, 2.05) is 23.3 Å². The molecule has 0 aromatic carbocycles. The lowest BCUT2D eigenvalue weighted by Gasteiger charge is -2.05. The molecule has 1 N–H and O–H groups in total. The van der Waals surface area contributed by atoms with Gasteiger partial charge in [0, 0.05) is 31.1 Å². The van der Waals surface area contributed by atoms with Gasteiger partial charge in [0.15, 0.2) is 0 Å². The highest BCUT2D eigenvalue weighted by molar-refractivity contribution is 7.98. The van der Waals surface area contributed by atoms with Gasteiger partial charge in [-0.2, -0.15) is 5.10 Å². The zero-order valence-corrected chi connectivity index (χ0v) is 12.6. The highest BCUT2D eigenvalue weighted by atomic mass is 32.2. The second-order valence-corrected chi connectivity index (χ2v) is 6.04. The van der Waals surface area contributed by atoms with Gasteiger partial charge in [-0.25, -0.2) is 4.68 Å². The lowest BCUT2D eigenvalue weighted by Crippen LogP contribution is -2.22. The van der Waals surface area contributed by atoms with Gasteiger partial charge in [0.05, 0.1) is 12.2 Å². The summed E-state index contributed by atoms with van der Waals surface area (Å²) in [6.07, 6.45) is 2.61. The molecule has 2 heterocycles. The molecular weight excluding hydrogens is 274 g/mol. The van der Waals surface area contributed by atoms with Gasteiger partial charge in [-0.3, -0.25) is 4.68 Å². The van der Waals surface area contributed by atoms with Gasteiger partial charge in [0.2, 0.25) is 5.16 Å². The van der Waals surface area contributed by atoms with Gasteiger partial charge < -0.3 is 5.32 Å². The Hall–Kier alpha value is -1.41. The number of nitrogens with one attached hydrogen (secondary N) is 1. The van der Waals surface area contributed by atoms with E-state index in [-0.39, 0.29) is 0 Å². The molecule has 8 heteroatoms. The molecule has 1 aliphatic rings. The Balaban J connectivity index is 1.54. The van der Waals surface area contributed by atoms with E-state index in [1.165, 1.54) is 18.5 Å². The van der Waals surface area contributed by atoms with Gasteiger partial charge in [-0.1, -0.05) is 11.8 Å². The van der Waals surface area contributed by atoms with Crippen LogP contribution < -0.4 is 5.32 Å². The summed E-state index contributed by atoms with van der Waals surface area (Å²) in [6, 6.07) is 2.82. The molecule has 0 atom stereocenters. The average Bonchev–Trinajstić information content (AvgIpc) is 3.03. The van der Waals surface area contributed by atoms with Crippen molar-refractivity contribution in [2.24, 2.45) is 7.05 Å². The SMILES string of the molecule is Cc1cc(CSc2nnnn2CCNC2CC2)n(C)n1. The van der Waals surface area contributed by atoms with Crippen LogP contribution in [0.1, 0.15) is 24.2 Å². The van der Waals surface area contributed by atoms with Crippen molar-refractivity contribution < 1.29 is 0 Å². The van der Waals surface area contributed by atoms with Crippen LogP contribution in [-0.4, -0.2) is 42.6 Å². The Bertz CT molecular complexity index is 572. The molecule has 1 saturated carbocycles. The van der Waals surface area contributed by atoms with Crippen molar-refractivity contribution in [3.05, 3.63) is 17.5 Å². The number of thioether (sulfide) groups is 1. The topological polar surface area (TPSA) is 73.5 Å². The van der Waals surface area contributed by atoms with Crippen LogP contribution in [0.5, 0.6) is 0 Å². The first-order chi connectivity index (χ1) is 9.72. The summed E-state index contributed by atoms with van der Waals surface area (Å²) >= 11 is 1.65. The highest BCUT2D eigenvalue weighted by Crippen LogP contribution is 2.20. The number of aryl methyl sites for hydroxylation is 2. The first kappa shape index (κ1) is 13.6. The van der Waals surface area contributed by atoms with Crippen molar-refractivity contribution in [3.63, 3.8) is 0 Å². The van der Waals surface area contributed by atoms with E-state index in [2.05, 4.69) is 32.0 Å². The lowest BCUT2D eigenvalue weighted by molar-refractivity contribution is 0.509. The maximum atomic E-state index is 4.34. The van der Waals surface area contributed by atoms with Gasteiger partial charge in [0.25, 0.3) is 0 Å². The summed E-state index contributed by atoms with van der Waals surface area (Å²) in [5.41, 5.74) is 2.22. The van der Waals surface area contributed by atoms with Crippen LogP contribution in [-0.2, 0) is 19.3 Å². The third kappa shape index (κ3) is 3.37. The van der Waals surface area contributed by atoms with E-state index in [1.54, 1.807) is 11.8 Å². The van der Waals surface area contributed by atoms with E-state index in [9.17, 15) is 0 Å². The summed E-state index contributed by atoms with van der Waals surface area (Å²) in [6.45, 7) is 3.74. The molecule has 1 fully saturated rings. The highest BCUT2D eigenvalue weighted by Gasteiger charge is 2.20. The Morgan fingerprint density at radius 2 is 2.30 bits per heavy atom. The normalized spacial score (nSPS) is 14.9. The minimum Gasteiger partial charge on any atom is -0.312 e. The molecule has 0 unspecified atom stereocenters. The van der Waals surface area contributed by atoms with Gasteiger partial charge in [0.1, 0.15) is 0 Å². The van der Waals surface area contributed by atoms with Crippen LogP contribution >= 0.6 is 11.8 Å². The molecule has 1 aliphatic carbocycles. The fourth-order valence-electron chi connectivity index (χ4n) is 2.04. The molecule has 0 bridgehead atoms. The predicted octanol–water partition coefficient (Wildman–Crippen LogP) is 0.759. The van der Waals surface area contributed by atoms with Crippen molar-refractivity contribution in [3.8, 4) is 0 Å². The Kier molecular flexibility index (Phi) is 4.02. The monoisotopic (exact) mass is 293 g/mol. The number of hydrogen-bond donors (Lipinski definition) is 1. The summed E-state index contributed by atoms with van der Waals surface area (Å²) < 4.78 is 3.77. The second-order valence-electron chi connectivity index (χ2n) is 5.10. The van der Waals surface area contributed by atoms with Crippen LogP contribution in [0.25, 0.3) is 0 Å². The van der Waals surface area contributed by atoms with Crippen molar-refractivity contribution >= 4 is 11.8 Å². The van der Waals surface area contributed by atoms with Crippen molar-refractivity contribution in [1.82, 2.24) is 35.3 Å². The van der Waals surface area contributed by atoms with E-state index >= 15 is 0 Å². The Morgan fingerprint density at radius 1 is 1.45 bits per heavy atom. The molecule has 108 valence electrons. The van der Waals surface area contributed by atoms with Crippen molar-refractivity contribution in [2.75, 3.05) is 6.54 Å². The molecule has 0 saturated heterocycles. The zero-order valence-electron chi connectivity index (χ0n) is 11.8. The summed E-state index contributed by atoms with van der Waals surface area (Å²) in [5.74, 6) is 0.827. The number of nitrogens with zero attached hydrogens (tertiary/aromatic N) is 6. The minimum atomic E-state index is 0.722. The largest absolute Gasteiger partial charge is 0.312 e. The fourth-order valence-corrected chi connectivity index (χ4v) is 2.96. The standard InChI is InChI=1S/C12H19N7S/c1-9-7-11(18(2)15-9)8-20-12-14-16-17-19(12)6-5-13-10-3-4-10/h7,10,13H,3-6,8H2,1-2H3. The van der Waals surface area contributed by atoms with E-state index < -0.39 is 0 Å². The quantitative estimate of drug-likeness (QED) is 0.760. The molecule has 0 spiro atoms. The maximum Gasteiger partial charge on any atom is 0.209 e. The molecule has 0 amide bonds. The minimum absolute atomic E-state index is 0.722. The van der Waals surface area contributed by atoms with Gasteiger partial charge in [-0.15, -0.1) is 5.10 Å². The molecule has 2 aromatic heterocycles. The van der Waals surface area contributed by atoms with Crippen LogP contribution in [0, 0.1) is 6.92 Å². The third-order valence-electron chi connectivity index (χ3n) is 3.28. The van der Waals surface area contributed by atoms with E-state index in [0.717, 1.165) is 35.7 Å². The fraction of sp³-hybridized carbons (Fsp3) is 0.667. The lowest BCUT2D eigenvalue weighted by atomic mass is 10.4. The van der Waals surface area contributed by atoms with Crippen LogP contribution in [0.3, 0.4) is 0 Å². The average molecular weight is 293 g/mol. The Morgan fingerprint density at radius 3 is 3.00 bits per heavy atom. The molecular formula is C12H19N7S. The Labute approximate surface area is 122 Å². The first-order valence-corrected chi connectivity index (χ1v) is 7.83. The smallest absolute Gasteiger partial charge is 0.209 e. The van der Waals surface area contributed by atoms with E-state index in [4.69, 9.17) is 0 Å². The molecule has 7 nitrogen and oxygen atoms in total. The predicted molar refractivity (Wildman–Crippen MR) is 76.3 cm³/mol. The van der Waals surface area contributed by atoms with Crippen LogP contribution in [0.4, 0.5) is 0 Å². The molecule has 3 rings (SSSR count). The maximum absolute atomic E-state index is 4.34.